The summed E-state index contributed by atoms with van der Waals surface area (Å²) in [5.74, 6) is -1.60. The molecule has 186 valence electrons. The normalized spacial score (nSPS) is 20.3. The van der Waals surface area contributed by atoms with Crippen LogP contribution in [0, 0.1) is 6.92 Å². The molecule has 3 aromatic rings. The molecule has 1 aromatic heterocycles. The molecule has 36 heavy (non-hydrogen) atoms. The molecule has 1 N–H and O–H groups in total. The summed E-state index contributed by atoms with van der Waals surface area (Å²) < 4.78 is 7.11. The third kappa shape index (κ3) is 4.55. The molecule has 0 spiro atoms. The average Bonchev–Trinajstić information content (AvgIpc) is 3.40. The molecule has 0 radical (unpaired) electrons. The SMILES string of the molecule is Cc1c(/C(O)=C2\C(=O)C(=O)N(CCN3CCOCC3)[C@@H]2c2cccc(Cl)c2)cnn1-c1ccccc1. The molecular weight excluding hydrogens is 480 g/mol. The number of morpholine rings is 1. The van der Waals surface area contributed by atoms with Crippen LogP contribution in [0.4, 0.5) is 0 Å². The topological polar surface area (TPSA) is 87.9 Å². The number of Topliss-reactive ketones (excluding diaryl/α,β-unsaturated/α-hetero) is 1. The van der Waals surface area contributed by atoms with Crippen LogP contribution in [0.2, 0.25) is 5.02 Å². The highest BCUT2D eigenvalue weighted by Crippen LogP contribution is 2.40. The Morgan fingerprint density at radius 2 is 1.83 bits per heavy atom. The second-order valence-corrected chi connectivity index (χ2v) is 9.33. The lowest BCUT2D eigenvalue weighted by molar-refractivity contribution is -0.140. The number of nitrogens with zero attached hydrogens (tertiary/aromatic N) is 4. The van der Waals surface area contributed by atoms with Crippen LogP contribution >= 0.6 is 11.6 Å². The van der Waals surface area contributed by atoms with Crippen molar-refractivity contribution in [1.82, 2.24) is 19.6 Å². The van der Waals surface area contributed by atoms with E-state index in [-0.39, 0.29) is 11.3 Å². The fraction of sp³-hybridized carbons (Fsp3) is 0.296. The van der Waals surface area contributed by atoms with Crippen LogP contribution in [0.3, 0.4) is 0 Å². The molecule has 2 aliphatic rings. The molecule has 0 aliphatic carbocycles. The predicted molar refractivity (Wildman–Crippen MR) is 136 cm³/mol. The lowest BCUT2D eigenvalue weighted by Gasteiger charge is -2.31. The first-order valence-electron chi connectivity index (χ1n) is 11.9. The second kappa shape index (κ2) is 10.3. The second-order valence-electron chi connectivity index (χ2n) is 8.89. The van der Waals surface area contributed by atoms with E-state index in [1.807, 2.05) is 43.3 Å². The Morgan fingerprint density at radius 1 is 1.08 bits per heavy atom. The van der Waals surface area contributed by atoms with Gasteiger partial charge in [0.2, 0.25) is 0 Å². The van der Waals surface area contributed by atoms with Crippen molar-refractivity contribution in [2.45, 2.75) is 13.0 Å². The number of hydrogen-bond donors (Lipinski definition) is 1. The Morgan fingerprint density at radius 3 is 2.56 bits per heavy atom. The van der Waals surface area contributed by atoms with Gasteiger partial charge < -0.3 is 14.7 Å². The molecule has 2 saturated heterocycles. The lowest BCUT2D eigenvalue weighted by atomic mass is 9.95. The van der Waals surface area contributed by atoms with E-state index in [0.29, 0.717) is 48.1 Å². The van der Waals surface area contributed by atoms with Gasteiger partial charge in [0.05, 0.1) is 48.0 Å². The molecule has 5 rings (SSSR count). The van der Waals surface area contributed by atoms with Crippen LogP contribution in [0.15, 0.2) is 66.4 Å². The number of aromatic nitrogens is 2. The van der Waals surface area contributed by atoms with Gasteiger partial charge >= 0.3 is 0 Å². The lowest BCUT2D eigenvalue weighted by Crippen LogP contribution is -2.42. The highest BCUT2D eigenvalue weighted by Gasteiger charge is 2.46. The quantitative estimate of drug-likeness (QED) is 0.312. The van der Waals surface area contributed by atoms with Crippen molar-refractivity contribution in [3.8, 4) is 5.69 Å². The van der Waals surface area contributed by atoms with E-state index in [1.165, 1.54) is 11.1 Å². The fourth-order valence-corrected chi connectivity index (χ4v) is 5.02. The third-order valence-corrected chi connectivity index (χ3v) is 6.97. The molecule has 0 saturated carbocycles. The number of ketones is 1. The van der Waals surface area contributed by atoms with Crippen molar-refractivity contribution >= 4 is 29.1 Å². The van der Waals surface area contributed by atoms with Crippen molar-refractivity contribution in [2.24, 2.45) is 0 Å². The minimum atomic E-state index is -0.760. The maximum absolute atomic E-state index is 13.3. The molecule has 2 aliphatic heterocycles. The van der Waals surface area contributed by atoms with Crippen LogP contribution in [-0.2, 0) is 14.3 Å². The van der Waals surface area contributed by atoms with E-state index in [2.05, 4.69) is 10.00 Å². The van der Waals surface area contributed by atoms with Gasteiger partial charge in [-0.15, -0.1) is 0 Å². The van der Waals surface area contributed by atoms with E-state index in [4.69, 9.17) is 16.3 Å². The van der Waals surface area contributed by atoms with Crippen molar-refractivity contribution < 1.29 is 19.4 Å². The molecule has 1 amide bonds. The van der Waals surface area contributed by atoms with Gasteiger partial charge in [-0.1, -0.05) is 41.9 Å². The molecular formula is C27H27ClN4O4. The van der Waals surface area contributed by atoms with Crippen LogP contribution in [0.5, 0.6) is 0 Å². The standard InChI is InChI=1S/C27H27ClN4O4/c1-18-22(17-29-32(18)21-8-3-2-4-9-21)25(33)23-24(19-6-5-7-20(28)16-19)31(27(35)26(23)34)11-10-30-12-14-36-15-13-30/h2-9,16-17,24,33H,10-15H2,1H3/b25-23+/t24-/m1/s1. The van der Waals surface area contributed by atoms with Gasteiger partial charge in [-0.2, -0.15) is 5.10 Å². The minimum Gasteiger partial charge on any atom is -0.507 e. The molecule has 8 nitrogen and oxygen atoms in total. The first-order chi connectivity index (χ1) is 17.5. The molecule has 1 atom stereocenters. The van der Waals surface area contributed by atoms with Gasteiger partial charge in [-0.3, -0.25) is 14.5 Å². The highest BCUT2D eigenvalue weighted by molar-refractivity contribution is 6.46. The summed E-state index contributed by atoms with van der Waals surface area (Å²) in [6.45, 7) is 5.56. The third-order valence-electron chi connectivity index (χ3n) is 6.73. The van der Waals surface area contributed by atoms with Crippen molar-refractivity contribution in [3.63, 3.8) is 0 Å². The monoisotopic (exact) mass is 506 g/mol. The fourth-order valence-electron chi connectivity index (χ4n) is 4.82. The van der Waals surface area contributed by atoms with Gasteiger partial charge in [0.15, 0.2) is 0 Å². The number of para-hydroxylation sites is 1. The number of aliphatic hydroxyl groups excluding tert-OH is 1. The first kappa shape index (κ1) is 24.2. The predicted octanol–water partition coefficient (Wildman–Crippen LogP) is 3.59. The van der Waals surface area contributed by atoms with Crippen LogP contribution in [0.25, 0.3) is 11.4 Å². The van der Waals surface area contributed by atoms with E-state index >= 15 is 0 Å². The number of ether oxygens (including phenoxy) is 1. The van der Waals surface area contributed by atoms with E-state index in [9.17, 15) is 14.7 Å². The Bertz CT molecular complexity index is 1310. The maximum atomic E-state index is 13.3. The summed E-state index contributed by atoms with van der Waals surface area (Å²) in [6.07, 6.45) is 1.52. The number of likely N-dealkylation sites (tertiary alicyclic amines) is 1. The Kier molecular flexibility index (Phi) is 6.91. The summed E-state index contributed by atoms with van der Waals surface area (Å²) in [7, 11) is 0. The Balaban J connectivity index is 1.56. The van der Waals surface area contributed by atoms with Gasteiger partial charge in [0.25, 0.3) is 11.7 Å². The minimum absolute atomic E-state index is 0.0416. The highest BCUT2D eigenvalue weighted by atomic mass is 35.5. The molecule has 0 bridgehead atoms. The molecule has 2 fully saturated rings. The zero-order chi connectivity index (χ0) is 25.2. The summed E-state index contributed by atoms with van der Waals surface area (Å²) >= 11 is 6.28. The molecule has 0 unspecified atom stereocenters. The number of amides is 1. The average molecular weight is 507 g/mol. The van der Waals surface area contributed by atoms with Crippen LogP contribution < -0.4 is 0 Å². The summed E-state index contributed by atoms with van der Waals surface area (Å²) in [5, 5.41) is 16.4. The summed E-state index contributed by atoms with van der Waals surface area (Å²) in [4.78, 5) is 30.3. The van der Waals surface area contributed by atoms with E-state index in [0.717, 1.165) is 18.8 Å². The largest absolute Gasteiger partial charge is 0.507 e. The van der Waals surface area contributed by atoms with Crippen molar-refractivity contribution in [1.29, 1.82) is 0 Å². The van der Waals surface area contributed by atoms with Crippen molar-refractivity contribution in [2.75, 3.05) is 39.4 Å². The number of rotatable bonds is 6. The number of hydrogen-bond acceptors (Lipinski definition) is 6. The van der Waals surface area contributed by atoms with Gasteiger partial charge in [-0.05, 0) is 36.8 Å². The molecule has 2 aromatic carbocycles. The van der Waals surface area contributed by atoms with Gasteiger partial charge in [0.1, 0.15) is 5.76 Å². The summed E-state index contributed by atoms with van der Waals surface area (Å²) in [5.41, 5.74) is 2.59. The first-order valence-corrected chi connectivity index (χ1v) is 12.3. The maximum Gasteiger partial charge on any atom is 0.295 e. The Hall–Kier alpha value is -3.46. The van der Waals surface area contributed by atoms with Gasteiger partial charge in [-0.25, -0.2) is 4.68 Å². The van der Waals surface area contributed by atoms with E-state index < -0.39 is 17.7 Å². The zero-order valence-electron chi connectivity index (χ0n) is 19.9. The number of carbonyl (C=O) groups is 2. The van der Waals surface area contributed by atoms with Crippen LogP contribution in [-0.4, -0.2) is 75.8 Å². The number of carbonyl (C=O) groups excluding carboxylic acids is 2. The number of halogens is 1. The smallest absolute Gasteiger partial charge is 0.295 e. The summed E-state index contributed by atoms with van der Waals surface area (Å²) in [6, 6.07) is 15.8. The number of aliphatic hydroxyl groups is 1. The van der Waals surface area contributed by atoms with Crippen LogP contribution in [0.1, 0.15) is 22.9 Å². The Labute approximate surface area is 214 Å². The molecule has 9 heteroatoms. The number of benzene rings is 2. The van der Waals surface area contributed by atoms with Crippen molar-refractivity contribution in [3.05, 3.63) is 88.2 Å². The van der Waals surface area contributed by atoms with E-state index in [1.54, 1.807) is 22.9 Å². The zero-order valence-corrected chi connectivity index (χ0v) is 20.7. The van der Waals surface area contributed by atoms with Gasteiger partial charge in [0, 0.05) is 31.2 Å². The molecule has 3 heterocycles.